The lowest BCUT2D eigenvalue weighted by Gasteiger charge is -2.36. The molecule has 0 spiro atoms. The van der Waals surface area contributed by atoms with Crippen LogP contribution in [-0.2, 0) is 32.6 Å². The van der Waals surface area contributed by atoms with E-state index in [4.69, 9.17) is 9.47 Å². The van der Waals surface area contributed by atoms with Crippen molar-refractivity contribution in [3.63, 3.8) is 0 Å². The molecule has 0 bridgehead atoms. The van der Waals surface area contributed by atoms with E-state index in [1.54, 1.807) is 42.6 Å². The lowest BCUT2D eigenvalue weighted by atomic mass is 9.98. The molecular formula is C37H34N2O7S2. The van der Waals surface area contributed by atoms with Crippen molar-refractivity contribution in [1.29, 1.82) is 0 Å². The van der Waals surface area contributed by atoms with Gasteiger partial charge in [0.25, 0.3) is 0 Å². The summed E-state index contributed by atoms with van der Waals surface area (Å²) < 4.78 is 41.3. The number of nitrogens with zero attached hydrogens (tertiary/aromatic N) is 1. The average Bonchev–Trinajstić information content (AvgIpc) is 3.13. The van der Waals surface area contributed by atoms with Crippen molar-refractivity contribution >= 4 is 27.8 Å². The van der Waals surface area contributed by atoms with E-state index in [1.165, 1.54) is 17.8 Å². The molecule has 48 heavy (non-hydrogen) atoms. The van der Waals surface area contributed by atoms with Gasteiger partial charge in [-0.3, -0.25) is 0 Å². The summed E-state index contributed by atoms with van der Waals surface area (Å²) in [4.78, 5) is 16.2. The summed E-state index contributed by atoms with van der Waals surface area (Å²) >= 11 is 1.33. The highest BCUT2D eigenvalue weighted by Crippen LogP contribution is 2.40. The van der Waals surface area contributed by atoms with Crippen LogP contribution in [0.3, 0.4) is 0 Å². The molecule has 0 radical (unpaired) electrons. The molecule has 246 valence electrons. The number of aliphatic hydroxyl groups is 1. The second kappa shape index (κ2) is 15.2. The van der Waals surface area contributed by atoms with Crippen LogP contribution in [0.25, 0.3) is 11.1 Å². The molecule has 1 aliphatic heterocycles. The molecule has 2 heterocycles. The number of carboxylic acids is 1. The molecule has 4 aromatic carbocycles. The first-order valence-corrected chi connectivity index (χ1v) is 17.8. The summed E-state index contributed by atoms with van der Waals surface area (Å²) in [5.41, 5.74) is 5.32. The molecule has 11 heteroatoms. The molecule has 5 aromatic rings. The SMILES string of the molecule is O=C(O)c1cccnc1SC[C@@H]1C[C@H](c2ccc(CO)cc2)O[C@H](c2ccc(-c3ccccc3CNS(=O)(=O)c3ccccc3)cc2)O1. The Balaban J connectivity index is 1.21. The topological polar surface area (TPSA) is 135 Å². The fourth-order valence-electron chi connectivity index (χ4n) is 5.49. The van der Waals surface area contributed by atoms with Gasteiger partial charge in [0, 0.05) is 30.5 Å². The molecule has 9 nitrogen and oxygen atoms in total. The van der Waals surface area contributed by atoms with Crippen LogP contribution in [-0.4, -0.2) is 41.4 Å². The first-order valence-electron chi connectivity index (χ1n) is 15.4. The minimum atomic E-state index is -3.68. The Kier molecular flexibility index (Phi) is 10.7. The Hall–Kier alpha value is -4.36. The largest absolute Gasteiger partial charge is 0.478 e. The van der Waals surface area contributed by atoms with Crippen LogP contribution < -0.4 is 4.72 Å². The fourth-order valence-corrected chi connectivity index (χ4v) is 7.53. The van der Waals surface area contributed by atoms with Crippen molar-refractivity contribution in [3.05, 3.63) is 149 Å². The monoisotopic (exact) mass is 682 g/mol. The first kappa shape index (κ1) is 33.5. The number of thioether (sulfide) groups is 1. The Morgan fingerprint density at radius 1 is 0.854 bits per heavy atom. The number of nitrogens with one attached hydrogen (secondary N) is 1. The molecule has 1 saturated heterocycles. The van der Waals surface area contributed by atoms with E-state index in [9.17, 15) is 23.4 Å². The highest BCUT2D eigenvalue weighted by molar-refractivity contribution is 7.99. The van der Waals surface area contributed by atoms with Gasteiger partial charge in [-0.1, -0.05) is 91.0 Å². The second-order valence-electron chi connectivity index (χ2n) is 11.2. The number of carbonyl (C=O) groups is 1. The van der Waals surface area contributed by atoms with Gasteiger partial charge < -0.3 is 19.7 Å². The molecule has 1 aromatic heterocycles. The van der Waals surface area contributed by atoms with Gasteiger partial charge in [-0.2, -0.15) is 0 Å². The average molecular weight is 683 g/mol. The Morgan fingerprint density at radius 3 is 2.29 bits per heavy atom. The van der Waals surface area contributed by atoms with Crippen LogP contribution in [0.5, 0.6) is 0 Å². The van der Waals surface area contributed by atoms with Crippen molar-refractivity contribution in [3.8, 4) is 11.1 Å². The number of hydrogen-bond donors (Lipinski definition) is 3. The lowest BCUT2D eigenvalue weighted by molar-refractivity contribution is -0.245. The molecule has 1 aliphatic rings. The molecule has 3 atom stereocenters. The lowest BCUT2D eigenvalue weighted by Crippen LogP contribution is -2.31. The number of benzene rings is 4. The van der Waals surface area contributed by atoms with Crippen molar-refractivity contribution < 1.29 is 32.9 Å². The maximum absolute atomic E-state index is 12.9. The summed E-state index contributed by atoms with van der Waals surface area (Å²) in [6, 6.07) is 34.5. The number of aliphatic hydroxyl groups excluding tert-OH is 1. The van der Waals surface area contributed by atoms with E-state index in [-0.39, 0.29) is 35.8 Å². The van der Waals surface area contributed by atoms with Crippen LogP contribution in [0, 0.1) is 0 Å². The number of carboxylic acid groups (broad SMARTS) is 1. The molecule has 0 amide bonds. The highest BCUT2D eigenvalue weighted by Gasteiger charge is 2.32. The summed E-state index contributed by atoms with van der Waals surface area (Å²) in [7, 11) is -3.68. The number of aromatic carboxylic acids is 1. The maximum atomic E-state index is 12.9. The van der Waals surface area contributed by atoms with E-state index in [0.29, 0.717) is 17.2 Å². The smallest absolute Gasteiger partial charge is 0.338 e. The third kappa shape index (κ3) is 8.01. The summed E-state index contributed by atoms with van der Waals surface area (Å²) in [6.07, 6.45) is 0.838. The molecule has 0 unspecified atom stereocenters. The number of rotatable bonds is 12. The molecular weight excluding hydrogens is 649 g/mol. The number of hydrogen-bond acceptors (Lipinski definition) is 8. The predicted molar refractivity (Wildman–Crippen MR) is 183 cm³/mol. The summed E-state index contributed by atoms with van der Waals surface area (Å²) in [5.74, 6) is -0.569. The maximum Gasteiger partial charge on any atom is 0.338 e. The van der Waals surface area contributed by atoms with E-state index >= 15 is 0 Å². The normalized spacial score (nSPS) is 18.0. The van der Waals surface area contributed by atoms with Gasteiger partial charge in [0.05, 0.1) is 29.3 Å². The minimum absolute atomic E-state index is 0.0544. The van der Waals surface area contributed by atoms with Gasteiger partial charge in [0.15, 0.2) is 6.29 Å². The van der Waals surface area contributed by atoms with Gasteiger partial charge in [-0.15, -0.1) is 11.8 Å². The molecule has 0 saturated carbocycles. The number of aromatic nitrogens is 1. The molecule has 1 fully saturated rings. The van der Waals surface area contributed by atoms with E-state index in [0.717, 1.165) is 33.4 Å². The van der Waals surface area contributed by atoms with Gasteiger partial charge >= 0.3 is 5.97 Å². The minimum Gasteiger partial charge on any atom is -0.478 e. The Bertz CT molecular complexity index is 1950. The van der Waals surface area contributed by atoms with E-state index in [2.05, 4.69) is 9.71 Å². The van der Waals surface area contributed by atoms with Crippen LogP contribution in [0.15, 0.2) is 131 Å². The molecule has 3 N–H and O–H groups in total. The first-order chi connectivity index (χ1) is 23.3. The number of sulfonamides is 1. The fraction of sp³-hybridized carbons (Fsp3) is 0.189. The zero-order valence-corrected chi connectivity index (χ0v) is 27.4. The standard InChI is InChI=1S/C37H34N2O7S2/c40-23-25-12-14-27(15-13-25)34-21-30(24-47-35-33(36(41)42)11-6-20-38-35)45-37(46-34)28-18-16-26(17-19-28)32-10-5-4-7-29(32)22-39-48(43,44)31-8-2-1-3-9-31/h1-20,30,34,37,39-40H,21-24H2,(H,41,42)/t30-,34+,37+/m0/s1. The third-order valence-corrected chi connectivity index (χ3v) is 10.6. The van der Waals surface area contributed by atoms with Crippen molar-refractivity contribution in [2.24, 2.45) is 0 Å². The number of pyridine rings is 1. The van der Waals surface area contributed by atoms with Crippen molar-refractivity contribution in [2.45, 2.75) is 48.0 Å². The Labute approximate surface area is 283 Å². The zero-order chi connectivity index (χ0) is 33.5. The van der Waals surface area contributed by atoms with Crippen molar-refractivity contribution in [2.75, 3.05) is 5.75 Å². The van der Waals surface area contributed by atoms with Gasteiger partial charge in [-0.05, 0) is 52.1 Å². The van der Waals surface area contributed by atoms with Crippen LogP contribution in [0.4, 0.5) is 0 Å². The van der Waals surface area contributed by atoms with Crippen LogP contribution >= 0.6 is 11.8 Å². The second-order valence-corrected chi connectivity index (χ2v) is 14.0. The molecule has 6 rings (SSSR count). The van der Waals surface area contributed by atoms with Crippen LogP contribution in [0.2, 0.25) is 0 Å². The van der Waals surface area contributed by atoms with Crippen molar-refractivity contribution in [1.82, 2.24) is 9.71 Å². The van der Waals surface area contributed by atoms with Gasteiger partial charge in [-0.25, -0.2) is 22.9 Å². The molecule has 0 aliphatic carbocycles. The van der Waals surface area contributed by atoms with E-state index in [1.807, 2.05) is 72.8 Å². The van der Waals surface area contributed by atoms with Gasteiger partial charge in [0.1, 0.15) is 5.03 Å². The Morgan fingerprint density at radius 2 is 1.56 bits per heavy atom. The van der Waals surface area contributed by atoms with Crippen LogP contribution in [0.1, 0.15) is 51.4 Å². The summed E-state index contributed by atoms with van der Waals surface area (Å²) in [6.45, 7) is 0.0706. The quantitative estimate of drug-likeness (QED) is 0.122. The van der Waals surface area contributed by atoms with E-state index < -0.39 is 22.3 Å². The van der Waals surface area contributed by atoms with Gasteiger partial charge in [0.2, 0.25) is 10.0 Å². The summed E-state index contributed by atoms with van der Waals surface area (Å²) in [5, 5.41) is 19.5. The highest BCUT2D eigenvalue weighted by atomic mass is 32.2. The predicted octanol–water partition coefficient (Wildman–Crippen LogP) is 6.76. The number of ether oxygens (including phenoxy) is 2. The third-order valence-electron chi connectivity index (χ3n) is 8.04. The zero-order valence-electron chi connectivity index (χ0n) is 25.8.